The Labute approximate surface area is 152 Å². The number of rotatable bonds is 5. The number of carbonyl (C=O) groups is 1. The third-order valence-electron chi connectivity index (χ3n) is 4.75. The number of piperidine rings is 1. The van der Waals surface area contributed by atoms with Crippen molar-refractivity contribution in [2.24, 2.45) is 4.99 Å². The van der Waals surface area contributed by atoms with Crippen LogP contribution in [0, 0.1) is 6.92 Å². The van der Waals surface area contributed by atoms with Gasteiger partial charge in [-0.15, -0.1) is 11.3 Å². The molecular formula is C18H25N5OS. The summed E-state index contributed by atoms with van der Waals surface area (Å²) in [7, 11) is 6.16. The lowest BCUT2D eigenvalue weighted by molar-refractivity contribution is -0.116. The highest BCUT2D eigenvalue weighted by Crippen LogP contribution is 2.41. The number of aliphatic imine (C=N–C) groups is 1. The summed E-state index contributed by atoms with van der Waals surface area (Å²) in [6.07, 6.45) is 6.39. The standard InChI is InChI=1S/C18H25N5OS/c1-13-17(16-15(21(2)3)5-8-19-18(16)25-13)20-11-23(12-24)14-6-9-22(4)10-7-14/h5,8,11-12,14H,6-7,9-10H2,1-4H3. The highest BCUT2D eigenvalue weighted by molar-refractivity contribution is 7.19. The lowest BCUT2D eigenvalue weighted by Gasteiger charge is -2.32. The number of hydrogen-bond acceptors (Lipinski definition) is 6. The Hall–Kier alpha value is -1.99. The molecule has 0 bridgehead atoms. The second-order valence-electron chi connectivity index (χ2n) is 6.74. The molecule has 0 spiro atoms. The molecule has 134 valence electrons. The van der Waals surface area contributed by atoms with Crippen LogP contribution in [-0.4, -0.2) is 67.8 Å². The molecule has 2 aromatic rings. The maximum absolute atomic E-state index is 11.6. The first-order chi connectivity index (χ1) is 12.0. The summed E-state index contributed by atoms with van der Waals surface area (Å²) in [5, 5.41) is 1.06. The van der Waals surface area contributed by atoms with Gasteiger partial charge in [0.25, 0.3) is 0 Å². The smallest absolute Gasteiger partial charge is 0.215 e. The molecule has 0 N–H and O–H groups in total. The van der Waals surface area contributed by atoms with Gasteiger partial charge in [-0.2, -0.15) is 0 Å². The van der Waals surface area contributed by atoms with Crippen LogP contribution >= 0.6 is 11.3 Å². The van der Waals surface area contributed by atoms with E-state index in [4.69, 9.17) is 4.99 Å². The Morgan fingerprint density at radius 2 is 2.08 bits per heavy atom. The Balaban J connectivity index is 1.92. The lowest BCUT2D eigenvalue weighted by Crippen LogP contribution is -2.42. The zero-order valence-electron chi connectivity index (χ0n) is 15.3. The number of thiophene rings is 1. The first kappa shape index (κ1) is 17.8. The molecule has 3 rings (SSSR count). The first-order valence-electron chi connectivity index (χ1n) is 8.52. The molecule has 1 aliphatic heterocycles. The van der Waals surface area contributed by atoms with E-state index in [0.29, 0.717) is 0 Å². The van der Waals surface area contributed by atoms with Gasteiger partial charge in [-0.1, -0.05) is 0 Å². The molecule has 2 aromatic heterocycles. The molecule has 6 nitrogen and oxygen atoms in total. The summed E-state index contributed by atoms with van der Waals surface area (Å²) in [6, 6.07) is 2.23. The minimum Gasteiger partial charge on any atom is -0.377 e. The van der Waals surface area contributed by atoms with E-state index in [9.17, 15) is 4.79 Å². The van der Waals surface area contributed by atoms with E-state index in [2.05, 4.69) is 28.8 Å². The van der Waals surface area contributed by atoms with Gasteiger partial charge in [0.1, 0.15) is 4.83 Å². The molecule has 7 heteroatoms. The van der Waals surface area contributed by atoms with Gasteiger partial charge in [0.2, 0.25) is 6.41 Å². The fourth-order valence-electron chi connectivity index (χ4n) is 3.26. The molecule has 0 atom stereocenters. The maximum Gasteiger partial charge on any atom is 0.215 e. The quantitative estimate of drug-likeness (QED) is 0.468. The number of hydrogen-bond donors (Lipinski definition) is 0. The van der Waals surface area contributed by atoms with Crippen LogP contribution in [0.25, 0.3) is 10.2 Å². The average molecular weight is 359 g/mol. The number of nitrogens with zero attached hydrogens (tertiary/aromatic N) is 5. The topological polar surface area (TPSA) is 52.0 Å². The fraction of sp³-hybridized carbons (Fsp3) is 0.500. The van der Waals surface area contributed by atoms with E-state index in [1.54, 1.807) is 22.6 Å². The van der Waals surface area contributed by atoms with Crippen LogP contribution < -0.4 is 4.90 Å². The largest absolute Gasteiger partial charge is 0.377 e. The van der Waals surface area contributed by atoms with Crippen molar-refractivity contribution in [2.45, 2.75) is 25.8 Å². The van der Waals surface area contributed by atoms with Crippen molar-refractivity contribution < 1.29 is 4.79 Å². The van der Waals surface area contributed by atoms with Gasteiger partial charge in [0.05, 0.1) is 23.1 Å². The van der Waals surface area contributed by atoms with Gasteiger partial charge in [-0.3, -0.25) is 4.79 Å². The van der Waals surface area contributed by atoms with Gasteiger partial charge in [-0.25, -0.2) is 9.98 Å². The second kappa shape index (κ2) is 7.49. The maximum atomic E-state index is 11.6. The van der Waals surface area contributed by atoms with Gasteiger partial charge in [-0.05, 0) is 46.0 Å². The molecule has 0 aromatic carbocycles. The summed E-state index contributed by atoms with van der Waals surface area (Å²) >= 11 is 1.64. The number of carbonyl (C=O) groups excluding carboxylic acids is 1. The van der Waals surface area contributed by atoms with Crippen LogP contribution in [0.2, 0.25) is 0 Å². The summed E-state index contributed by atoms with van der Waals surface area (Å²) in [4.78, 5) is 28.9. The molecule has 0 aliphatic carbocycles. The monoisotopic (exact) mass is 359 g/mol. The molecule has 1 amide bonds. The summed E-state index contributed by atoms with van der Waals surface area (Å²) < 4.78 is 0. The lowest BCUT2D eigenvalue weighted by atomic mass is 10.0. The molecule has 1 aliphatic rings. The van der Waals surface area contributed by atoms with E-state index in [0.717, 1.165) is 58.8 Å². The van der Waals surface area contributed by atoms with E-state index < -0.39 is 0 Å². The average Bonchev–Trinajstić information content (AvgIpc) is 2.92. The van der Waals surface area contributed by atoms with E-state index in [-0.39, 0.29) is 6.04 Å². The number of amides is 1. The van der Waals surface area contributed by atoms with Crippen molar-refractivity contribution in [3.8, 4) is 0 Å². The predicted octanol–water partition coefficient (Wildman–Crippen LogP) is 2.88. The van der Waals surface area contributed by atoms with Crippen LogP contribution in [0.3, 0.4) is 0 Å². The number of anilines is 1. The first-order valence-corrected chi connectivity index (χ1v) is 9.33. The van der Waals surface area contributed by atoms with Gasteiger partial charge >= 0.3 is 0 Å². The van der Waals surface area contributed by atoms with Crippen LogP contribution in [0.5, 0.6) is 0 Å². The highest BCUT2D eigenvalue weighted by Gasteiger charge is 2.21. The highest BCUT2D eigenvalue weighted by atomic mass is 32.1. The number of likely N-dealkylation sites (tertiary alicyclic amines) is 1. The number of fused-ring (bicyclic) bond motifs is 1. The Bertz CT molecular complexity index is 777. The predicted molar refractivity (Wildman–Crippen MR) is 105 cm³/mol. The molecule has 3 heterocycles. The Morgan fingerprint density at radius 1 is 1.36 bits per heavy atom. The van der Waals surface area contributed by atoms with Crippen molar-refractivity contribution in [1.29, 1.82) is 0 Å². The van der Waals surface area contributed by atoms with Crippen LogP contribution in [0.1, 0.15) is 17.7 Å². The molecule has 0 unspecified atom stereocenters. The van der Waals surface area contributed by atoms with E-state index >= 15 is 0 Å². The molecule has 0 saturated carbocycles. The van der Waals surface area contributed by atoms with E-state index in [1.807, 2.05) is 26.4 Å². The minimum absolute atomic E-state index is 0.231. The summed E-state index contributed by atoms with van der Waals surface area (Å²) in [6.45, 7) is 4.08. The minimum atomic E-state index is 0.231. The molecule has 25 heavy (non-hydrogen) atoms. The molecular weight excluding hydrogens is 334 g/mol. The normalized spacial score (nSPS) is 16.6. The van der Waals surface area contributed by atoms with Gasteiger partial charge in [0.15, 0.2) is 0 Å². The third kappa shape index (κ3) is 3.67. The molecule has 1 fully saturated rings. The number of aromatic nitrogens is 1. The second-order valence-corrected chi connectivity index (χ2v) is 7.95. The fourth-order valence-corrected chi connectivity index (χ4v) is 4.21. The van der Waals surface area contributed by atoms with E-state index in [1.165, 1.54) is 0 Å². The van der Waals surface area contributed by atoms with Crippen molar-refractivity contribution >= 4 is 45.7 Å². The van der Waals surface area contributed by atoms with Crippen molar-refractivity contribution in [1.82, 2.24) is 14.8 Å². The summed E-state index contributed by atoms with van der Waals surface area (Å²) in [5.41, 5.74) is 2.01. The van der Waals surface area contributed by atoms with Crippen LogP contribution in [0.4, 0.5) is 11.4 Å². The van der Waals surface area contributed by atoms with Crippen molar-refractivity contribution in [3.63, 3.8) is 0 Å². The SMILES string of the molecule is Cc1sc2nccc(N(C)C)c2c1N=CN(C=O)C1CCN(C)CC1. The number of pyridine rings is 1. The van der Waals surface area contributed by atoms with Crippen molar-refractivity contribution in [2.75, 3.05) is 39.1 Å². The van der Waals surface area contributed by atoms with Crippen LogP contribution in [-0.2, 0) is 4.79 Å². The summed E-state index contributed by atoms with van der Waals surface area (Å²) in [5.74, 6) is 0. The zero-order valence-corrected chi connectivity index (χ0v) is 16.1. The zero-order chi connectivity index (χ0) is 18.0. The number of aryl methyl sites for hydroxylation is 1. The molecule has 1 saturated heterocycles. The Morgan fingerprint density at radius 3 is 2.72 bits per heavy atom. The molecule has 0 radical (unpaired) electrons. The van der Waals surface area contributed by atoms with Crippen LogP contribution in [0.15, 0.2) is 17.3 Å². The Kier molecular flexibility index (Phi) is 5.34. The van der Waals surface area contributed by atoms with Gasteiger partial charge < -0.3 is 14.7 Å². The third-order valence-corrected chi connectivity index (χ3v) is 5.75. The van der Waals surface area contributed by atoms with Crippen molar-refractivity contribution in [3.05, 3.63) is 17.1 Å². The van der Waals surface area contributed by atoms with Gasteiger partial charge in [0, 0.05) is 31.2 Å².